The van der Waals surface area contributed by atoms with E-state index in [1.165, 1.54) is 6.42 Å². The lowest BCUT2D eigenvalue weighted by molar-refractivity contribution is 0.0405. The van der Waals surface area contributed by atoms with Gasteiger partial charge in [-0.25, -0.2) is 0 Å². The van der Waals surface area contributed by atoms with Crippen LogP contribution in [0.25, 0.3) is 0 Å². The van der Waals surface area contributed by atoms with E-state index in [0.29, 0.717) is 0 Å². The van der Waals surface area contributed by atoms with Gasteiger partial charge in [-0.05, 0) is 42.9 Å². The van der Waals surface area contributed by atoms with Crippen LogP contribution in [0.2, 0.25) is 0 Å². The van der Waals surface area contributed by atoms with E-state index in [1.54, 1.807) is 0 Å². The van der Waals surface area contributed by atoms with Crippen molar-refractivity contribution < 1.29 is 9.47 Å². The molecule has 0 bridgehead atoms. The Kier molecular flexibility index (Phi) is 18.0. The van der Waals surface area contributed by atoms with Gasteiger partial charge in [-0.1, -0.05) is 55.4 Å². The number of hydrogen-bond donors (Lipinski definition) is 0. The highest BCUT2D eigenvalue weighted by atomic mass is 16.5. The van der Waals surface area contributed by atoms with E-state index in [-0.39, 0.29) is 0 Å². The van der Waals surface area contributed by atoms with E-state index in [2.05, 4.69) is 55.4 Å². The van der Waals surface area contributed by atoms with Gasteiger partial charge in [0.1, 0.15) is 0 Å². The molecule has 0 unspecified atom stereocenters. The monoisotopic (exact) mass is 302 g/mol. The molecule has 0 saturated carbocycles. The summed E-state index contributed by atoms with van der Waals surface area (Å²) in [4.78, 5) is 0. The summed E-state index contributed by atoms with van der Waals surface area (Å²) in [5, 5.41) is 0. The van der Waals surface area contributed by atoms with Crippen LogP contribution in [0.5, 0.6) is 0 Å². The molecular formula is C19H42O2. The van der Waals surface area contributed by atoms with Crippen molar-refractivity contribution in [2.75, 3.05) is 26.4 Å². The van der Waals surface area contributed by atoms with Crippen LogP contribution in [0.1, 0.15) is 74.7 Å². The topological polar surface area (TPSA) is 18.5 Å². The second kappa shape index (κ2) is 16.3. The SMILES string of the molecule is CC(C)CC(C)C.CC(C)CCOCCOCCC(C)C. The van der Waals surface area contributed by atoms with E-state index >= 15 is 0 Å². The molecule has 0 saturated heterocycles. The van der Waals surface area contributed by atoms with Crippen LogP contribution >= 0.6 is 0 Å². The average molecular weight is 303 g/mol. The first-order chi connectivity index (χ1) is 9.75. The predicted octanol–water partition coefficient (Wildman–Crippen LogP) is 5.80. The Balaban J connectivity index is 0. The maximum Gasteiger partial charge on any atom is 0.0700 e. The standard InChI is InChI=1S/C12H26O2.C7H16/c1-11(2)5-7-13-9-10-14-8-6-12(3)4;1-6(2)5-7(3)4/h11-12H,5-10H2,1-4H3;6-7H,5H2,1-4H3. The fraction of sp³-hybridized carbons (Fsp3) is 1.00. The van der Waals surface area contributed by atoms with E-state index in [4.69, 9.17) is 9.47 Å². The van der Waals surface area contributed by atoms with Crippen LogP contribution in [0.3, 0.4) is 0 Å². The Morgan fingerprint density at radius 1 is 0.476 bits per heavy atom. The van der Waals surface area contributed by atoms with Crippen molar-refractivity contribution in [3.8, 4) is 0 Å². The lowest BCUT2D eigenvalue weighted by Gasteiger charge is -2.08. The van der Waals surface area contributed by atoms with E-state index in [0.717, 1.165) is 62.9 Å². The first-order valence-electron chi connectivity index (χ1n) is 8.91. The molecule has 0 radical (unpaired) electrons. The van der Waals surface area contributed by atoms with Crippen molar-refractivity contribution in [1.82, 2.24) is 0 Å². The van der Waals surface area contributed by atoms with Gasteiger partial charge in [0.25, 0.3) is 0 Å². The molecule has 0 rings (SSSR count). The second-order valence-electron chi connectivity index (χ2n) is 7.61. The summed E-state index contributed by atoms with van der Waals surface area (Å²) in [6.07, 6.45) is 3.65. The van der Waals surface area contributed by atoms with Crippen LogP contribution in [0, 0.1) is 23.7 Å². The predicted molar refractivity (Wildman–Crippen MR) is 94.8 cm³/mol. The van der Waals surface area contributed by atoms with Crippen molar-refractivity contribution in [1.29, 1.82) is 0 Å². The molecule has 0 amide bonds. The fourth-order valence-electron chi connectivity index (χ4n) is 1.90. The highest BCUT2D eigenvalue weighted by Gasteiger charge is 1.96. The maximum atomic E-state index is 5.43. The van der Waals surface area contributed by atoms with Gasteiger partial charge in [0.15, 0.2) is 0 Å². The molecule has 0 aromatic heterocycles. The van der Waals surface area contributed by atoms with Gasteiger partial charge in [-0.2, -0.15) is 0 Å². The zero-order valence-electron chi connectivity index (χ0n) is 16.1. The van der Waals surface area contributed by atoms with Gasteiger partial charge < -0.3 is 9.47 Å². The first kappa shape index (κ1) is 23.2. The lowest BCUT2D eigenvalue weighted by atomic mass is 10.0. The molecule has 130 valence electrons. The van der Waals surface area contributed by atoms with Crippen molar-refractivity contribution in [2.24, 2.45) is 23.7 Å². The minimum absolute atomic E-state index is 0.733. The Morgan fingerprint density at radius 3 is 1.00 bits per heavy atom. The molecule has 0 aliphatic heterocycles. The summed E-state index contributed by atoms with van der Waals surface area (Å²) < 4.78 is 10.9. The normalized spacial score (nSPS) is 11.4. The van der Waals surface area contributed by atoms with Crippen LogP contribution in [0.4, 0.5) is 0 Å². The Hall–Kier alpha value is -0.0800. The second-order valence-corrected chi connectivity index (χ2v) is 7.61. The molecule has 21 heavy (non-hydrogen) atoms. The number of rotatable bonds is 11. The summed E-state index contributed by atoms with van der Waals surface area (Å²) in [6, 6.07) is 0. The average Bonchev–Trinajstić information content (AvgIpc) is 2.30. The molecular weight excluding hydrogens is 260 g/mol. The minimum Gasteiger partial charge on any atom is -0.379 e. The maximum absolute atomic E-state index is 5.43. The quantitative estimate of drug-likeness (QED) is 0.449. The Morgan fingerprint density at radius 2 is 0.810 bits per heavy atom. The highest BCUT2D eigenvalue weighted by molar-refractivity contribution is 4.47. The molecule has 2 heteroatoms. The number of ether oxygens (including phenoxy) is 2. The zero-order chi connectivity index (χ0) is 16.7. The molecule has 0 heterocycles. The fourth-order valence-corrected chi connectivity index (χ4v) is 1.90. The molecule has 0 atom stereocenters. The zero-order valence-corrected chi connectivity index (χ0v) is 16.1. The van der Waals surface area contributed by atoms with E-state index in [9.17, 15) is 0 Å². The van der Waals surface area contributed by atoms with Crippen LogP contribution in [-0.2, 0) is 9.47 Å². The third-order valence-corrected chi connectivity index (χ3v) is 2.99. The summed E-state index contributed by atoms with van der Waals surface area (Å²) in [5.74, 6) is 3.22. The van der Waals surface area contributed by atoms with Gasteiger partial charge in [0.2, 0.25) is 0 Å². The third-order valence-electron chi connectivity index (χ3n) is 2.99. The Bertz CT molecular complexity index is 166. The smallest absolute Gasteiger partial charge is 0.0700 e. The summed E-state index contributed by atoms with van der Waals surface area (Å²) in [6.45, 7) is 21.1. The lowest BCUT2D eigenvalue weighted by Crippen LogP contribution is -2.08. The molecule has 0 fully saturated rings. The third kappa shape index (κ3) is 28.7. The largest absolute Gasteiger partial charge is 0.379 e. The van der Waals surface area contributed by atoms with Crippen molar-refractivity contribution in [2.45, 2.75) is 74.7 Å². The van der Waals surface area contributed by atoms with Crippen LogP contribution < -0.4 is 0 Å². The van der Waals surface area contributed by atoms with Gasteiger partial charge >= 0.3 is 0 Å². The summed E-state index contributed by atoms with van der Waals surface area (Å²) in [5.41, 5.74) is 0. The van der Waals surface area contributed by atoms with Gasteiger partial charge in [-0.3, -0.25) is 0 Å². The minimum atomic E-state index is 0.733. The molecule has 0 N–H and O–H groups in total. The molecule has 2 nitrogen and oxygen atoms in total. The van der Waals surface area contributed by atoms with E-state index < -0.39 is 0 Å². The van der Waals surface area contributed by atoms with Crippen molar-refractivity contribution in [3.63, 3.8) is 0 Å². The highest BCUT2D eigenvalue weighted by Crippen LogP contribution is 2.08. The molecule has 0 aliphatic rings. The van der Waals surface area contributed by atoms with Gasteiger partial charge in [-0.15, -0.1) is 0 Å². The van der Waals surface area contributed by atoms with Crippen molar-refractivity contribution in [3.05, 3.63) is 0 Å². The van der Waals surface area contributed by atoms with Crippen molar-refractivity contribution >= 4 is 0 Å². The molecule has 0 aliphatic carbocycles. The van der Waals surface area contributed by atoms with Crippen LogP contribution in [-0.4, -0.2) is 26.4 Å². The summed E-state index contributed by atoms with van der Waals surface area (Å²) >= 11 is 0. The van der Waals surface area contributed by atoms with E-state index in [1.807, 2.05) is 0 Å². The van der Waals surface area contributed by atoms with Gasteiger partial charge in [0, 0.05) is 13.2 Å². The molecule has 0 aromatic rings. The van der Waals surface area contributed by atoms with Gasteiger partial charge in [0.05, 0.1) is 13.2 Å². The summed E-state index contributed by atoms with van der Waals surface area (Å²) in [7, 11) is 0. The van der Waals surface area contributed by atoms with Crippen LogP contribution in [0.15, 0.2) is 0 Å². The molecule has 0 aromatic carbocycles. The molecule has 0 spiro atoms. The first-order valence-corrected chi connectivity index (χ1v) is 8.91. The number of hydrogen-bond acceptors (Lipinski definition) is 2. The Labute approximate surface area is 135 Å².